The fraction of sp³-hybridized carbons (Fsp3) is 0.367. The minimum absolute atomic E-state index is 0.0491. The minimum Gasteiger partial charge on any atom is -0.508 e. The highest BCUT2D eigenvalue weighted by atomic mass is 19.4. The van der Waals surface area contributed by atoms with Gasteiger partial charge in [-0.15, -0.1) is 0 Å². The molecule has 2 aromatic carbocycles. The largest absolute Gasteiger partial charge is 0.508 e. The summed E-state index contributed by atoms with van der Waals surface area (Å²) in [6.45, 7) is 5.80. The van der Waals surface area contributed by atoms with Gasteiger partial charge in [0.05, 0.1) is 11.2 Å². The summed E-state index contributed by atoms with van der Waals surface area (Å²) >= 11 is 0. The van der Waals surface area contributed by atoms with E-state index in [1.807, 2.05) is 18.2 Å². The third-order valence-electron chi connectivity index (χ3n) is 7.68. The molecule has 1 amide bonds. The Morgan fingerprint density at radius 3 is 2.59 bits per heavy atom. The number of halogens is 3. The summed E-state index contributed by atoms with van der Waals surface area (Å²) in [6.07, 6.45) is -0.927. The van der Waals surface area contributed by atoms with Gasteiger partial charge in [-0.25, -0.2) is 14.8 Å². The molecule has 1 aliphatic heterocycles. The molecule has 1 fully saturated rings. The lowest BCUT2D eigenvalue weighted by Gasteiger charge is -2.45. The van der Waals surface area contributed by atoms with E-state index in [-0.39, 0.29) is 40.1 Å². The highest BCUT2D eigenvalue weighted by Gasteiger charge is 2.38. The van der Waals surface area contributed by atoms with Crippen LogP contribution in [-0.4, -0.2) is 67.7 Å². The Balaban J connectivity index is 1.52. The fourth-order valence-corrected chi connectivity index (χ4v) is 5.31. The van der Waals surface area contributed by atoms with Gasteiger partial charge in [0, 0.05) is 68.2 Å². The molecule has 0 unspecified atom stereocenters. The number of alkyl halides is 3. The molecule has 4 aromatic rings. The Labute approximate surface area is 236 Å². The highest BCUT2D eigenvalue weighted by Crippen LogP contribution is 2.40. The summed E-state index contributed by atoms with van der Waals surface area (Å²) in [5.41, 5.74) is 0.168. The van der Waals surface area contributed by atoms with Gasteiger partial charge in [-0.05, 0) is 44.4 Å². The van der Waals surface area contributed by atoms with Crippen LogP contribution >= 0.6 is 0 Å². The normalized spacial score (nSPS) is 17.5. The second kappa shape index (κ2) is 10.7. The van der Waals surface area contributed by atoms with E-state index < -0.39 is 17.8 Å². The van der Waals surface area contributed by atoms with Crippen LogP contribution in [-0.2, 0) is 12.7 Å². The summed E-state index contributed by atoms with van der Waals surface area (Å²) in [6, 6.07) is 13.8. The van der Waals surface area contributed by atoms with Crippen LogP contribution in [0.2, 0.25) is 0 Å². The quantitative estimate of drug-likeness (QED) is 0.299. The number of phenols is 1. The zero-order valence-corrected chi connectivity index (χ0v) is 23.4. The monoisotopic (exact) mass is 566 g/mol. The Morgan fingerprint density at radius 2 is 1.90 bits per heavy atom. The molecule has 3 heterocycles. The zero-order chi connectivity index (χ0) is 29.5. The number of rotatable bonds is 5. The average Bonchev–Trinajstić information content (AvgIpc) is 3.28. The van der Waals surface area contributed by atoms with Crippen LogP contribution in [0.3, 0.4) is 0 Å². The van der Waals surface area contributed by atoms with E-state index in [1.165, 1.54) is 53.5 Å². The summed E-state index contributed by atoms with van der Waals surface area (Å²) in [4.78, 5) is 25.0. The third kappa shape index (κ3) is 5.85. The lowest BCUT2D eigenvalue weighted by atomic mass is 9.87. The Hall–Kier alpha value is -4.12. The maximum Gasteiger partial charge on any atom is 0.419 e. The topological polar surface area (TPSA) is 86.5 Å². The maximum atomic E-state index is 14.2. The molecule has 11 heteroatoms. The van der Waals surface area contributed by atoms with Crippen molar-refractivity contribution in [1.82, 2.24) is 24.3 Å². The van der Waals surface area contributed by atoms with Crippen LogP contribution in [0.4, 0.5) is 23.9 Å². The predicted molar refractivity (Wildman–Crippen MR) is 152 cm³/mol. The van der Waals surface area contributed by atoms with Gasteiger partial charge in [-0.1, -0.05) is 30.3 Å². The van der Waals surface area contributed by atoms with Crippen LogP contribution in [0.15, 0.2) is 60.9 Å². The van der Waals surface area contributed by atoms with Crippen molar-refractivity contribution < 1.29 is 23.1 Å². The first-order valence-electron chi connectivity index (χ1n) is 13.4. The van der Waals surface area contributed by atoms with Gasteiger partial charge < -0.3 is 15.3 Å². The standard InChI is InChI=1S/C30H33F3N6O2/c1-29(2)13-12-20(17-38(29)16-19-8-6-5-7-9-19)35-27-34-15-24(30(31,32)33)26(36-27)23-18-39(28(41)37(3)4)25-14-21(40)10-11-22(23)25/h5-11,14-15,18,20,40H,12-13,16-17H2,1-4H3,(H,34,35,36)/t20-/m0/s1. The van der Waals surface area contributed by atoms with Crippen molar-refractivity contribution in [2.24, 2.45) is 0 Å². The Morgan fingerprint density at radius 1 is 1.17 bits per heavy atom. The number of hydrogen-bond donors (Lipinski definition) is 2. The number of piperidine rings is 1. The van der Waals surface area contributed by atoms with Crippen molar-refractivity contribution in [2.45, 2.75) is 51.0 Å². The molecule has 1 saturated heterocycles. The summed E-state index contributed by atoms with van der Waals surface area (Å²) in [5, 5.41) is 13.7. The van der Waals surface area contributed by atoms with E-state index in [1.54, 1.807) is 0 Å². The molecule has 0 aliphatic carbocycles. The summed E-state index contributed by atoms with van der Waals surface area (Å²) in [5.74, 6) is -0.0349. The molecule has 8 nitrogen and oxygen atoms in total. The minimum atomic E-state index is -4.73. The van der Waals surface area contributed by atoms with Crippen molar-refractivity contribution in [2.75, 3.05) is 26.0 Å². The number of phenolic OH excluding ortho intramolecular Hbond substituents is 1. The number of anilines is 1. The average molecular weight is 567 g/mol. The van der Waals surface area contributed by atoms with Gasteiger partial charge >= 0.3 is 12.2 Å². The fourth-order valence-electron chi connectivity index (χ4n) is 5.31. The maximum absolute atomic E-state index is 14.2. The summed E-state index contributed by atoms with van der Waals surface area (Å²) < 4.78 is 43.8. The van der Waals surface area contributed by atoms with Crippen molar-refractivity contribution in [1.29, 1.82) is 0 Å². The molecule has 0 bridgehead atoms. The molecule has 2 N–H and O–H groups in total. The lowest BCUT2D eigenvalue weighted by molar-refractivity contribution is -0.137. The van der Waals surface area contributed by atoms with Crippen LogP contribution < -0.4 is 5.32 Å². The van der Waals surface area contributed by atoms with Gasteiger partial charge in [0.1, 0.15) is 11.3 Å². The Kier molecular flexibility index (Phi) is 7.41. The second-order valence-electron chi connectivity index (χ2n) is 11.3. The SMILES string of the molecule is CN(C)C(=O)n1cc(-c2nc(N[C@H]3CCC(C)(C)N(Cc4ccccc4)C3)ncc2C(F)(F)F)c2ccc(O)cc21. The highest BCUT2D eigenvalue weighted by molar-refractivity contribution is 6.01. The predicted octanol–water partition coefficient (Wildman–Crippen LogP) is 6.21. The van der Waals surface area contributed by atoms with E-state index >= 15 is 0 Å². The lowest BCUT2D eigenvalue weighted by Crippen LogP contribution is -2.53. The van der Waals surface area contributed by atoms with Gasteiger partial charge in [-0.3, -0.25) is 9.47 Å². The van der Waals surface area contributed by atoms with Crippen LogP contribution in [0.5, 0.6) is 5.75 Å². The van der Waals surface area contributed by atoms with Crippen LogP contribution in [0.1, 0.15) is 37.8 Å². The molecule has 5 rings (SSSR count). The molecular formula is C30H33F3N6O2. The number of fused-ring (bicyclic) bond motifs is 1. The molecule has 216 valence electrons. The molecule has 1 aliphatic rings. The number of nitrogens with one attached hydrogen (secondary N) is 1. The summed E-state index contributed by atoms with van der Waals surface area (Å²) in [7, 11) is 3.08. The molecule has 41 heavy (non-hydrogen) atoms. The van der Waals surface area contributed by atoms with Crippen molar-refractivity contribution in [3.63, 3.8) is 0 Å². The van der Waals surface area contributed by atoms with E-state index in [4.69, 9.17) is 0 Å². The molecule has 2 aromatic heterocycles. The molecule has 1 atom stereocenters. The third-order valence-corrected chi connectivity index (χ3v) is 7.68. The number of amides is 1. The number of hydrogen-bond acceptors (Lipinski definition) is 6. The van der Waals surface area contributed by atoms with Crippen LogP contribution in [0.25, 0.3) is 22.2 Å². The van der Waals surface area contributed by atoms with E-state index in [0.29, 0.717) is 11.9 Å². The van der Waals surface area contributed by atoms with E-state index in [0.717, 1.165) is 25.6 Å². The van der Waals surface area contributed by atoms with Gasteiger partial charge in [0.15, 0.2) is 0 Å². The Bertz CT molecular complexity index is 1570. The molecule has 0 saturated carbocycles. The first-order valence-corrected chi connectivity index (χ1v) is 13.4. The van der Waals surface area contributed by atoms with Crippen LogP contribution in [0, 0.1) is 0 Å². The number of likely N-dealkylation sites (tertiary alicyclic amines) is 1. The van der Waals surface area contributed by atoms with E-state index in [9.17, 15) is 23.1 Å². The first kappa shape index (κ1) is 28.4. The molecular weight excluding hydrogens is 533 g/mol. The number of nitrogens with zero attached hydrogens (tertiary/aromatic N) is 5. The smallest absolute Gasteiger partial charge is 0.419 e. The number of aromatic nitrogens is 3. The van der Waals surface area contributed by atoms with Crippen molar-refractivity contribution >= 4 is 22.9 Å². The molecule has 0 radical (unpaired) electrons. The molecule has 0 spiro atoms. The first-order chi connectivity index (χ1) is 19.3. The van der Waals surface area contributed by atoms with Crippen molar-refractivity contribution in [3.8, 4) is 17.0 Å². The van der Waals surface area contributed by atoms with E-state index in [2.05, 4.69) is 46.2 Å². The second-order valence-corrected chi connectivity index (χ2v) is 11.3. The van der Waals surface area contributed by atoms with Gasteiger partial charge in [-0.2, -0.15) is 13.2 Å². The number of aromatic hydroxyl groups is 1. The number of benzene rings is 2. The zero-order valence-electron chi connectivity index (χ0n) is 23.4. The van der Waals surface area contributed by atoms with Gasteiger partial charge in [0.25, 0.3) is 0 Å². The number of carbonyl (C=O) groups excluding carboxylic acids is 1. The van der Waals surface area contributed by atoms with Gasteiger partial charge in [0.2, 0.25) is 5.95 Å². The number of carbonyl (C=O) groups is 1. The van der Waals surface area contributed by atoms with Crippen molar-refractivity contribution in [3.05, 3.63) is 72.1 Å².